The Kier molecular flexibility index (Phi) is 2.11. The molecule has 0 bridgehead atoms. The Hall–Kier alpha value is 0.229. The predicted octanol–water partition coefficient (Wildman–Crippen LogP) is 1.33. The fraction of sp³-hybridized carbons (Fsp3) is 0.500. The van der Waals surface area contributed by atoms with Crippen LogP contribution in [-0.2, 0) is 9.47 Å². The number of hydrogen-bond donors (Lipinski definition) is 1. The van der Waals surface area contributed by atoms with Gasteiger partial charge in [0.1, 0.15) is 0 Å². The van der Waals surface area contributed by atoms with Gasteiger partial charge in [-0.3, -0.25) is 0 Å². The topological polar surface area (TPSA) is 18.5 Å². The van der Waals surface area contributed by atoms with Crippen LogP contribution in [0.25, 0.3) is 0 Å². The van der Waals surface area contributed by atoms with Crippen LogP contribution in [0.5, 0.6) is 0 Å². The van der Waals surface area contributed by atoms with Crippen molar-refractivity contribution in [1.82, 2.24) is 0 Å². The molecule has 0 aromatic heterocycles. The monoisotopic (exact) mass is 292 g/mol. The van der Waals surface area contributed by atoms with E-state index >= 15 is 0 Å². The number of thiol groups is 1. The Balaban J connectivity index is 2.22. The summed E-state index contributed by atoms with van der Waals surface area (Å²) in [5.74, 6) is 1.96. The molecule has 0 amide bonds. The second kappa shape index (κ2) is 2.87. The van der Waals surface area contributed by atoms with Gasteiger partial charge < -0.3 is 0 Å². The van der Waals surface area contributed by atoms with E-state index in [0.717, 1.165) is 11.5 Å². The molecule has 0 aromatic rings. The fourth-order valence-corrected chi connectivity index (χ4v) is 4.52. The molecule has 1 fully saturated rings. The summed E-state index contributed by atoms with van der Waals surface area (Å²) in [4.78, 5) is 0. The molecule has 4 heteroatoms. The van der Waals surface area contributed by atoms with Gasteiger partial charge in [0.05, 0.1) is 0 Å². The molecular weight excluding hydrogens is 279 g/mol. The maximum absolute atomic E-state index is 5.77. The van der Waals surface area contributed by atoms with Gasteiger partial charge in [0.2, 0.25) is 0 Å². The van der Waals surface area contributed by atoms with Gasteiger partial charge in [-0.05, 0) is 0 Å². The zero-order valence-electron chi connectivity index (χ0n) is 7.20. The van der Waals surface area contributed by atoms with Crippen molar-refractivity contribution in [3.8, 4) is 0 Å². The Labute approximate surface area is 86.9 Å². The van der Waals surface area contributed by atoms with Gasteiger partial charge in [-0.1, -0.05) is 0 Å². The second-order valence-corrected chi connectivity index (χ2v) is 10.1. The Morgan fingerprint density at radius 2 is 2.08 bits per heavy atom. The molecule has 2 aliphatic rings. The fourth-order valence-electron chi connectivity index (χ4n) is 1.20. The molecule has 0 aliphatic carbocycles. The van der Waals surface area contributed by atoms with Crippen molar-refractivity contribution in [3.63, 3.8) is 0 Å². The van der Waals surface area contributed by atoms with Gasteiger partial charge in [-0.25, -0.2) is 0 Å². The van der Waals surface area contributed by atoms with Gasteiger partial charge >= 0.3 is 87.1 Å². The van der Waals surface area contributed by atoms with Crippen LogP contribution in [0.4, 0.5) is 0 Å². The summed E-state index contributed by atoms with van der Waals surface area (Å²) in [6, 6.07) is 0. The molecular formula is C8H12O2SSn. The van der Waals surface area contributed by atoms with Crippen LogP contribution in [-0.4, -0.2) is 33.4 Å². The van der Waals surface area contributed by atoms with Crippen molar-refractivity contribution in [2.45, 2.75) is 19.4 Å². The minimum absolute atomic E-state index is 0.000813. The van der Waals surface area contributed by atoms with E-state index in [4.69, 9.17) is 9.47 Å². The molecule has 0 saturated carbocycles. The first kappa shape index (κ1) is 8.81. The van der Waals surface area contributed by atoms with Crippen molar-refractivity contribution in [1.29, 1.82) is 0 Å². The molecule has 0 aromatic carbocycles. The van der Waals surface area contributed by atoms with Gasteiger partial charge in [-0.15, -0.1) is 0 Å². The van der Waals surface area contributed by atoms with E-state index in [-0.39, 0.29) is 13.7 Å². The first-order valence-corrected chi connectivity index (χ1v) is 9.83. The summed E-state index contributed by atoms with van der Waals surface area (Å²) in [5.41, 5.74) is -0.149. The van der Waals surface area contributed by atoms with Gasteiger partial charge in [0.25, 0.3) is 0 Å². The average Bonchev–Trinajstić information content (AvgIpc) is 2.26. The van der Waals surface area contributed by atoms with Crippen LogP contribution in [0.2, 0.25) is 0 Å². The van der Waals surface area contributed by atoms with Crippen molar-refractivity contribution in [2.75, 3.05) is 6.61 Å². The third-order valence-electron chi connectivity index (χ3n) is 1.74. The maximum atomic E-state index is 5.77. The zero-order valence-corrected chi connectivity index (χ0v) is 11.4. The molecule has 1 saturated heterocycles. The molecule has 1 atom stereocenters. The van der Waals surface area contributed by atoms with E-state index in [1.165, 1.54) is 21.1 Å². The third-order valence-corrected chi connectivity index (χ3v) is 5.36. The van der Waals surface area contributed by atoms with E-state index in [1.807, 2.05) is 0 Å². The summed E-state index contributed by atoms with van der Waals surface area (Å²) in [7, 11) is -0.000813. The third kappa shape index (κ3) is 1.61. The zero-order chi connectivity index (χ0) is 8.77. The predicted molar refractivity (Wildman–Crippen MR) is 53.4 cm³/mol. The normalized spacial score (nSPS) is 34.1. The van der Waals surface area contributed by atoms with E-state index in [9.17, 15) is 0 Å². The van der Waals surface area contributed by atoms with E-state index in [2.05, 4.69) is 24.7 Å². The molecule has 0 spiro atoms. The van der Waals surface area contributed by atoms with Crippen molar-refractivity contribution >= 4 is 29.2 Å². The summed E-state index contributed by atoms with van der Waals surface area (Å²) in [5, 5.41) is 4.43. The van der Waals surface area contributed by atoms with Crippen molar-refractivity contribution in [3.05, 3.63) is 22.3 Å². The van der Waals surface area contributed by atoms with Crippen LogP contribution < -0.4 is 0 Å². The number of rotatable bonds is 0. The van der Waals surface area contributed by atoms with Crippen LogP contribution in [0.15, 0.2) is 22.3 Å². The summed E-state index contributed by atoms with van der Waals surface area (Å²) < 4.78 is 11.4. The second-order valence-electron chi connectivity index (χ2n) is 3.58. The van der Waals surface area contributed by atoms with Gasteiger partial charge in [0.15, 0.2) is 0 Å². The van der Waals surface area contributed by atoms with E-state index < -0.39 is 0 Å². The number of hydrogen-bond acceptors (Lipinski definition) is 2. The van der Waals surface area contributed by atoms with Crippen LogP contribution in [0.3, 0.4) is 0 Å². The Bertz CT molecular complexity index is 270. The Morgan fingerprint density at radius 1 is 1.42 bits per heavy atom. The summed E-state index contributed by atoms with van der Waals surface area (Å²) in [6.07, 6.45) is 0. The molecule has 0 N–H and O–H groups in total. The number of ether oxygens (including phenoxy) is 2. The molecule has 2 heterocycles. The van der Waals surface area contributed by atoms with Gasteiger partial charge in [0, 0.05) is 0 Å². The van der Waals surface area contributed by atoms with Crippen LogP contribution >= 0.6 is 8.08 Å². The SMILES string of the molecule is CC1(C)COC2=C[SH]([SnH])C=C2O1. The van der Waals surface area contributed by atoms with Crippen molar-refractivity contribution in [2.24, 2.45) is 0 Å². The van der Waals surface area contributed by atoms with Crippen LogP contribution in [0.1, 0.15) is 13.8 Å². The Morgan fingerprint density at radius 3 is 2.83 bits per heavy atom. The quantitative estimate of drug-likeness (QED) is 0.536. The first-order valence-electron chi connectivity index (χ1n) is 3.86. The number of fused-ring (bicyclic) bond motifs is 1. The average molecular weight is 291 g/mol. The molecule has 66 valence electrons. The summed E-state index contributed by atoms with van der Waals surface area (Å²) >= 11 is 1.27. The minimum atomic E-state index is -0.149. The molecule has 2 rings (SSSR count). The molecule has 2 nitrogen and oxygen atoms in total. The molecule has 2 aliphatic heterocycles. The molecule has 1 unspecified atom stereocenters. The van der Waals surface area contributed by atoms with E-state index in [0.29, 0.717) is 6.61 Å². The van der Waals surface area contributed by atoms with Crippen LogP contribution in [0, 0.1) is 0 Å². The molecule has 2 radical (unpaired) electrons. The van der Waals surface area contributed by atoms with Crippen molar-refractivity contribution < 1.29 is 9.47 Å². The van der Waals surface area contributed by atoms with Gasteiger partial charge in [-0.2, -0.15) is 0 Å². The standard InChI is InChI=1S/C8H10O2S.Sn.H/c1-8(2)5-9-6-3-11-4-7(6)10-8;;/h3-4H,5H2,1-2H3;;/q;-1;/p+1. The summed E-state index contributed by atoms with van der Waals surface area (Å²) in [6.45, 7) is 4.77. The molecule has 12 heavy (non-hydrogen) atoms. The van der Waals surface area contributed by atoms with E-state index in [1.54, 1.807) is 0 Å². The first-order chi connectivity index (χ1) is 5.57.